The maximum atomic E-state index is 2.49. The van der Waals surface area contributed by atoms with Crippen molar-refractivity contribution in [2.24, 2.45) is 0 Å². The van der Waals surface area contributed by atoms with E-state index in [1.54, 1.807) is 0 Å². The Morgan fingerprint density at radius 2 is 1.30 bits per heavy atom. The fourth-order valence-corrected chi connectivity index (χ4v) is 3.32. The van der Waals surface area contributed by atoms with Gasteiger partial charge in [0.15, 0.2) is 0 Å². The minimum Gasteiger partial charge on any atom is -0.284 e. The molecule has 0 saturated carbocycles. The van der Waals surface area contributed by atoms with Gasteiger partial charge in [-0.1, -0.05) is 13.8 Å². The molecule has 0 rings (SSSR count). The molecular formula is C9H24S. The van der Waals surface area contributed by atoms with Gasteiger partial charge in [-0.05, 0) is 42.9 Å². The molecule has 0 heterocycles. The van der Waals surface area contributed by atoms with E-state index in [0.29, 0.717) is 0 Å². The van der Waals surface area contributed by atoms with Crippen LogP contribution < -0.4 is 0 Å². The van der Waals surface area contributed by atoms with Gasteiger partial charge in [0.2, 0.25) is 0 Å². The van der Waals surface area contributed by atoms with E-state index in [-0.39, 0.29) is 0 Å². The Hall–Kier alpha value is 0.350. The molecule has 0 fully saturated rings. The molecule has 0 unspecified atom stereocenters. The fraction of sp³-hybridized carbons (Fsp3) is 1.00. The molecule has 0 spiro atoms. The average Bonchev–Trinajstić information content (AvgIpc) is 1.64. The molecule has 0 aliphatic carbocycles. The predicted molar refractivity (Wildman–Crippen MR) is 57.0 cm³/mol. The summed E-state index contributed by atoms with van der Waals surface area (Å²) in [6, 6.07) is 0. The smallest absolute Gasteiger partial charge is 0.0347 e. The summed E-state index contributed by atoms with van der Waals surface area (Å²) in [5, 5.41) is 0. The molecular weight excluding hydrogens is 140 g/mol. The van der Waals surface area contributed by atoms with Crippen LogP contribution in [0.15, 0.2) is 0 Å². The first-order valence-corrected chi connectivity index (χ1v) is 8.55. The highest BCUT2D eigenvalue weighted by molar-refractivity contribution is 8.62. The van der Waals surface area contributed by atoms with Crippen LogP contribution in [0.5, 0.6) is 0 Å². The minimum absolute atomic E-state index is 1.33. The number of rotatable bonds is 3. The third-order valence-electron chi connectivity index (χ3n) is 2.52. The standard InChI is InChI=1S/C9H24S/c1-7-9-10(3,4,5,6)8-2/h7-9H2,1-6H3. The molecule has 0 nitrogen and oxygen atoms in total. The van der Waals surface area contributed by atoms with Gasteiger partial charge in [0.1, 0.15) is 0 Å². The van der Waals surface area contributed by atoms with Gasteiger partial charge >= 0.3 is 0 Å². The molecule has 0 amide bonds. The van der Waals surface area contributed by atoms with E-state index in [9.17, 15) is 0 Å². The van der Waals surface area contributed by atoms with E-state index < -0.39 is 8.29 Å². The van der Waals surface area contributed by atoms with Crippen molar-refractivity contribution < 1.29 is 0 Å². The lowest BCUT2D eigenvalue weighted by molar-refractivity contribution is 1.07. The van der Waals surface area contributed by atoms with Crippen LogP contribution in [-0.4, -0.2) is 36.5 Å². The average molecular weight is 164 g/mol. The van der Waals surface area contributed by atoms with Crippen molar-refractivity contribution in [3.05, 3.63) is 0 Å². The quantitative estimate of drug-likeness (QED) is 0.602. The monoisotopic (exact) mass is 164 g/mol. The molecule has 0 aromatic carbocycles. The molecule has 0 bridgehead atoms. The van der Waals surface area contributed by atoms with Crippen molar-refractivity contribution >= 4 is 8.29 Å². The molecule has 66 valence electrons. The van der Waals surface area contributed by atoms with Crippen LogP contribution in [0, 0.1) is 0 Å². The van der Waals surface area contributed by atoms with Crippen molar-refractivity contribution in [3.8, 4) is 0 Å². The normalized spacial score (nSPS) is 19.8. The molecule has 0 atom stereocenters. The van der Waals surface area contributed by atoms with Crippen LogP contribution in [0.25, 0.3) is 0 Å². The van der Waals surface area contributed by atoms with Gasteiger partial charge in [-0.15, -0.1) is 0 Å². The summed E-state index contributed by atoms with van der Waals surface area (Å²) in [5.41, 5.74) is 0. The molecule has 0 aliphatic heterocycles. The second-order valence-corrected chi connectivity index (χ2v) is 16.9. The van der Waals surface area contributed by atoms with Gasteiger partial charge in [-0.2, -0.15) is 0 Å². The zero-order valence-electron chi connectivity index (χ0n) is 8.53. The lowest BCUT2D eigenvalue weighted by Gasteiger charge is -2.69. The predicted octanol–water partition coefficient (Wildman–Crippen LogP) is 2.81. The van der Waals surface area contributed by atoms with Crippen LogP contribution in [-0.2, 0) is 0 Å². The SMILES string of the molecule is CCCS(C)(C)(C)(C)CC. The Bertz CT molecular complexity index is 123. The zero-order chi connectivity index (χ0) is 8.53. The van der Waals surface area contributed by atoms with Crippen LogP contribution in [0.2, 0.25) is 0 Å². The molecule has 0 saturated heterocycles. The Morgan fingerprint density at radius 1 is 0.900 bits per heavy atom. The number of hydrogen-bond donors (Lipinski definition) is 0. The third-order valence-corrected chi connectivity index (χ3v) is 7.57. The summed E-state index contributed by atoms with van der Waals surface area (Å²) >= 11 is 0. The van der Waals surface area contributed by atoms with Crippen LogP contribution in [0.4, 0.5) is 0 Å². The molecule has 0 aromatic rings. The van der Waals surface area contributed by atoms with Crippen molar-refractivity contribution in [3.63, 3.8) is 0 Å². The van der Waals surface area contributed by atoms with Gasteiger partial charge in [-0.3, -0.25) is 8.29 Å². The molecule has 1 heteroatoms. The van der Waals surface area contributed by atoms with Crippen molar-refractivity contribution in [1.29, 1.82) is 0 Å². The van der Waals surface area contributed by atoms with Gasteiger partial charge < -0.3 is 0 Å². The Morgan fingerprint density at radius 3 is 1.40 bits per heavy atom. The van der Waals surface area contributed by atoms with Crippen LogP contribution in [0.3, 0.4) is 0 Å². The van der Waals surface area contributed by atoms with Gasteiger partial charge in [-0.25, -0.2) is 0 Å². The molecule has 0 radical (unpaired) electrons. The van der Waals surface area contributed by atoms with Gasteiger partial charge in [0.25, 0.3) is 0 Å². The van der Waals surface area contributed by atoms with Crippen LogP contribution >= 0.6 is 8.29 Å². The summed E-state index contributed by atoms with van der Waals surface area (Å²) in [6.45, 7) is 4.62. The highest BCUT2D eigenvalue weighted by atomic mass is 32.4. The van der Waals surface area contributed by atoms with Crippen molar-refractivity contribution in [2.75, 3.05) is 36.5 Å². The second-order valence-electron chi connectivity index (χ2n) is 5.96. The summed E-state index contributed by atoms with van der Waals surface area (Å²) in [5.74, 6) is 2.77. The van der Waals surface area contributed by atoms with E-state index >= 15 is 0 Å². The number of hydrogen-bond acceptors (Lipinski definition) is 0. The van der Waals surface area contributed by atoms with Gasteiger partial charge in [0, 0.05) is 0 Å². The van der Waals surface area contributed by atoms with E-state index in [2.05, 4.69) is 38.9 Å². The van der Waals surface area contributed by atoms with Crippen molar-refractivity contribution in [2.45, 2.75) is 20.3 Å². The highest BCUT2D eigenvalue weighted by Crippen LogP contribution is 2.78. The zero-order valence-corrected chi connectivity index (χ0v) is 9.35. The largest absolute Gasteiger partial charge is 0.284 e. The third kappa shape index (κ3) is 3.50. The molecule has 0 N–H and O–H groups in total. The summed E-state index contributed by atoms with van der Waals surface area (Å²) in [4.78, 5) is 0. The highest BCUT2D eigenvalue weighted by Gasteiger charge is 2.39. The Labute approximate surface area is 65.7 Å². The Kier molecular flexibility index (Phi) is 2.00. The topological polar surface area (TPSA) is 0 Å². The Balaban J connectivity index is 4.55. The lowest BCUT2D eigenvalue weighted by atomic mass is 10.6. The molecule has 10 heavy (non-hydrogen) atoms. The fourth-order valence-electron chi connectivity index (χ4n) is 1.11. The van der Waals surface area contributed by atoms with Gasteiger partial charge in [0.05, 0.1) is 0 Å². The lowest BCUT2D eigenvalue weighted by Crippen LogP contribution is -2.36. The summed E-state index contributed by atoms with van der Waals surface area (Å²) in [7, 11) is -1.56. The van der Waals surface area contributed by atoms with E-state index in [1.165, 1.54) is 17.9 Å². The first-order valence-electron chi connectivity index (χ1n) is 4.12. The first kappa shape index (κ1) is 10.3. The maximum absolute atomic E-state index is 2.49. The van der Waals surface area contributed by atoms with E-state index in [1.807, 2.05) is 0 Å². The van der Waals surface area contributed by atoms with E-state index in [4.69, 9.17) is 0 Å². The summed E-state index contributed by atoms with van der Waals surface area (Å²) in [6.07, 6.45) is 11.3. The summed E-state index contributed by atoms with van der Waals surface area (Å²) < 4.78 is 0. The molecule has 0 aliphatic rings. The second kappa shape index (κ2) is 1.94. The molecule has 0 aromatic heterocycles. The van der Waals surface area contributed by atoms with Crippen LogP contribution in [0.1, 0.15) is 20.3 Å². The van der Waals surface area contributed by atoms with Crippen molar-refractivity contribution in [1.82, 2.24) is 0 Å². The minimum atomic E-state index is -1.56. The maximum Gasteiger partial charge on any atom is -0.0347 e. The first-order chi connectivity index (χ1) is 4.12. The van der Waals surface area contributed by atoms with E-state index in [0.717, 1.165) is 0 Å².